The summed E-state index contributed by atoms with van der Waals surface area (Å²) in [5.41, 5.74) is 0. The Bertz CT molecular complexity index is 835. The Kier molecular flexibility index (Phi) is 15.4. The third-order valence-electron chi connectivity index (χ3n) is 13.6. The highest BCUT2D eigenvalue weighted by atomic mass is 15.2. The van der Waals surface area contributed by atoms with Gasteiger partial charge in [-0.2, -0.15) is 0 Å². The second-order valence-electron chi connectivity index (χ2n) is 18.5. The second kappa shape index (κ2) is 18.3. The van der Waals surface area contributed by atoms with E-state index < -0.39 is 0 Å². The van der Waals surface area contributed by atoms with Gasteiger partial charge in [0, 0.05) is 82.1 Å². The van der Waals surface area contributed by atoms with E-state index in [0.29, 0.717) is 0 Å². The molecule has 0 N–H and O–H groups in total. The van der Waals surface area contributed by atoms with Crippen LogP contribution in [0.3, 0.4) is 0 Å². The van der Waals surface area contributed by atoms with Gasteiger partial charge in [-0.15, -0.1) is 0 Å². The van der Waals surface area contributed by atoms with E-state index in [-0.39, 0.29) is 0 Å². The fourth-order valence-corrected chi connectivity index (χ4v) is 9.82. The fraction of sp³-hybridized carbons (Fsp3) is 1.00. The number of likely N-dealkylation sites (tertiary alicyclic amines) is 6. The predicted molar refractivity (Wildman–Crippen MR) is 204 cm³/mol. The minimum absolute atomic E-state index is 0.732. The van der Waals surface area contributed by atoms with Gasteiger partial charge in [0.1, 0.15) is 0 Å². The molecule has 0 aromatic heterocycles. The van der Waals surface area contributed by atoms with Crippen molar-refractivity contribution in [1.29, 1.82) is 0 Å². The third kappa shape index (κ3) is 11.1. The molecule has 6 nitrogen and oxygen atoms in total. The van der Waals surface area contributed by atoms with Crippen LogP contribution in [0.25, 0.3) is 0 Å². The molecule has 4 unspecified atom stereocenters. The molecule has 6 heteroatoms. The molecule has 0 aromatic rings. The maximum absolute atomic E-state index is 2.67. The zero-order valence-electron chi connectivity index (χ0n) is 33.6. The Morgan fingerprint density at radius 3 is 0.745 bits per heavy atom. The first-order chi connectivity index (χ1) is 22.2. The van der Waals surface area contributed by atoms with Crippen LogP contribution in [-0.2, 0) is 0 Å². The molecule has 0 aromatic carbocycles. The standard InChI is InChI=1S/2C14H28N2.C13H26N2/c1-11(2)15-7-5-14-10-16(12(3)4)8-6-13(14)9-15;1-11(2)15-7-5-13-6-8-16(12(3)4)10-14(13)9-15;1-10(2)14-6-5-12-7-15(11(3)4)9-13(12)8-14/h2*11-14H,5-10H2,1-4H3;10-13H,5-9H2,1-4H3. The summed E-state index contributed by atoms with van der Waals surface area (Å²) >= 11 is 0. The zero-order chi connectivity index (χ0) is 34.4. The molecule has 6 fully saturated rings. The van der Waals surface area contributed by atoms with Gasteiger partial charge in [0.25, 0.3) is 0 Å². The van der Waals surface area contributed by atoms with Crippen molar-refractivity contribution in [1.82, 2.24) is 29.4 Å². The molecule has 47 heavy (non-hydrogen) atoms. The van der Waals surface area contributed by atoms with Crippen LogP contribution in [0.2, 0.25) is 0 Å². The van der Waals surface area contributed by atoms with Crippen molar-refractivity contribution in [3.8, 4) is 0 Å². The summed E-state index contributed by atoms with van der Waals surface area (Å²) in [6.45, 7) is 44.1. The molecule has 0 saturated carbocycles. The first-order valence-electron chi connectivity index (χ1n) is 20.7. The molecule has 6 saturated heterocycles. The maximum atomic E-state index is 2.67. The average Bonchev–Trinajstić information content (AvgIpc) is 3.48. The van der Waals surface area contributed by atoms with E-state index in [4.69, 9.17) is 0 Å². The van der Waals surface area contributed by atoms with Gasteiger partial charge in [-0.3, -0.25) is 0 Å². The van der Waals surface area contributed by atoms with Crippen LogP contribution in [-0.4, -0.2) is 144 Å². The number of rotatable bonds is 6. The smallest absolute Gasteiger partial charge is 0.00388 e. The number of piperidine rings is 5. The lowest BCUT2D eigenvalue weighted by atomic mass is 9.79. The Balaban J connectivity index is 0.000000160. The van der Waals surface area contributed by atoms with Crippen LogP contribution in [0.15, 0.2) is 0 Å². The molecule has 0 radical (unpaired) electrons. The first-order valence-corrected chi connectivity index (χ1v) is 20.7. The number of nitrogens with zero attached hydrogens (tertiary/aromatic N) is 6. The first kappa shape index (κ1) is 39.5. The van der Waals surface area contributed by atoms with Crippen LogP contribution in [0.4, 0.5) is 0 Å². The highest BCUT2D eigenvalue weighted by Gasteiger charge is 2.39. The Morgan fingerprint density at radius 2 is 0.447 bits per heavy atom. The molecule has 0 spiro atoms. The van der Waals surface area contributed by atoms with Crippen LogP contribution < -0.4 is 0 Å². The van der Waals surface area contributed by atoms with Gasteiger partial charge in [-0.05, 0) is 183 Å². The van der Waals surface area contributed by atoms with Crippen LogP contribution in [0.1, 0.15) is 115 Å². The lowest BCUT2D eigenvalue weighted by Gasteiger charge is -2.47. The highest BCUT2D eigenvalue weighted by Crippen LogP contribution is 2.35. The molecule has 6 heterocycles. The van der Waals surface area contributed by atoms with Crippen LogP contribution in [0, 0.1) is 35.5 Å². The monoisotopic (exact) mass is 659 g/mol. The Morgan fingerprint density at radius 1 is 0.255 bits per heavy atom. The lowest BCUT2D eigenvalue weighted by molar-refractivity contribution is 0.0187. The van der Waals surface area contributed by atoms with Gasteiger partial charge >= 0.3 is 0 Å². The molecule has 276 valence electrons. The van der Waals surface area contributed by atoms with Crippen molar-refractivity contribution in [2.75, 3.05) is 78.5 Å². The van der Waals surface area contributed by atoms with Crippen molar-refractivity contribution in [2.24, 2.45) is 35.5 Å². The van der Waals surface area contributed by atoms with E-state index in [2.05, 4.69) is 112 Å². The highest BCUT2D eigenvalue weighted by molar-refractivity contribution is 4.92. The normalized spacial score (nSPS) is 33.6. The summed E-state index contributed by atoms with van der Waals surface area (Å²) in [4.78, 5) is 16.0. The summed E-state index contributed by atoms with van der Waals surface area (Å²) in [7, 11) is 0. The van der Waals surface area contributed by atoms with E-state index in [1.807, 2.05) is 0 Å². The number of hydrogen-bond acceptors (Lipinski definition) is 6. The van der Waals surface area contributed by atoms with Gasteiger partial charge in [-0.25, -0.2) is 0 Å². The maximum Gasteiger partial charge on any atom is 0.00388 e. The fourth-order valence-electron chi connectivity index (χ4n) is 9.82. The molecule has 0 aliphatic carbocycles. The second-order valence-corrected chi connectivity index (χ2v) is 18.5. The summed E-state index contributed by atoms with van der Waals surface area (Å²) < 4.78 is 0. The zero-order valence-corrected chi connectivity index (χ0v) is 33.6. The van der Waals surface area contributed by atoms with Gasteiger partial charge in [0.05, 0.1) is 0 Å². The van der Waals surface area contributed by atoms with Gasteiger partial charge in [0.15, 0.2) is 0 Å². The van der Waals surface area contributed by atoms with Crippen LogP contribution in [0.5, 0.6) is 0 Å². The molecule has 6 aliphatic rings. The molecule has 0 amide bonds. The summed E-state index contributed by atoms with van der Waals surface area (Å²) in [5, 5.41) is 0. The SMILES string of the molecule is CC(C)N1CCC2CCN(C(C)C)CC2C1.CC(C)N1CCC2CN(C(C)C)CC2C1.CC(C)N1CCC2CN(C(C)C)CCC2C1. The number of hydrogen-bond donors (Lipinski definition) is 0. The topological polar surface area (TPSA) is 19.4 Å². The van der Waals surface area contributed by atoms with Gasteiger partial charge in [-0.1, -0.05) is 0 Å². The predicted octanol–water partition coefficient (Wildman–Crippen LogP) is 6.95. The minimum atomic E-state index is 0.732. The molecular weight excluding hydrogens is 576 g/mol. The summed E-state index contributed by atoms with van der Waals surface area (Å²) in [6, 6.07) is 4.42. The largest absolute Gasteiger partial charge is 0.301 e. The quantitative estimate of drug-likeness (QED) is 0.306. The average molecular weight is 659 g/mol. The van der Waals surface area contributed by atoms with E-state index in [0.717, 1.165) is 71.8 Å². The Hall–Kier alpha value is -0.240. The van der Waals surface area contributed by atoms with E-state index in [9.17, 15) is 0 Å². The van der Waals surface area contributed by atoms with Crippen molar-refractivity contribution >= 4 is 0 Å². The van der Waals surface area contributed by atoms with E-state index in [1.165, 1.54) is 111 Å². The van der Waals surface area contributed by atoms with E-state index >= 15 is 0 Å². The molecule has 4 atom stereocenters. The van der Waals surface area contributed by atoms with Crippen molar-refractivity contribution in [3.63, 3.8) is 0 Å². The van der Waals surface area contributed by atoms with Crippen molar-refractivity contribution < 1.29 is 0 Å². The summed E-state index contributed by atoms with van der Waals surface area (Å²) in [6.07, 6.45) is 7.15. The van der Waals surface area contributed by atoms with Crippen molar-refractivity contribution in [2.45, 2.75) is 151 Å². The van der Waals surface area contributed by atoms with E-state index in [1.54, 1.807) is 0 Å². The van der Waals surface area contributed by atoms with Crippen LogP contribution >= 0.6 is 0 Å². The summed E-state index contributed by atoms with van der Waals surface area (Å²) in [5.74, 6) is 5.85. The van der Waals surface area contributed by atoms with Crippen molar-refractivity contribution in [3.05, 3.63) is 0 Å². The molecule has 6 rings (SSSR count). The molecule has 0 bridgehead atoms. The van der Waals surface area contributed by atoms with Gasteiger partial charge < -0.3 is 29.4 Å². The molecular formula is C41H82N6. The third-order valence-corrected chi connectivity index (χ3v) is 13.6. The van der Waals surface area contributed by atoms with Gasteiger partial charge in [0.2, 0.25) is 0 Å². The number of fused-ring (bicyclic) bond motifs is 3. The lowest BCUT2D eigenvalue weighted by Crippen LogP contribution is -2.52. The minimum Gasteiger partial charge on any atom is -0.301 e. The Labute approximate surface area is 294 Å². The molecule has 6 aliphatic heterocycles.